The first-order valence-corrected chi connectivity index (χ1v) is 9.00. The molecule has 116 valence electrons. The van der Waals surface area contributed by atoms with Gasteiger partial charge in [0.15, 0.2) is 4.34 Å². The molecule has 5 nitrogen and oxygen atoms in total. The number of amides is 1. The molecule has 1 aliphatic rings. The van der Waals surface area contributed by atoms with Crippen molar-refractivity contribution in [1.29, 1.82) is 0 Å². The van der Waals surface area contributed by atoms with Gasteiger partial charge in [-0.2, -0.15) is 0 Å². The number of carbonyl (C=O) groups excluding carboxylic acids is 1. The molecular formula is C15H18N4OS2. The standard InChI is InChI=1S/C15H18N4OS2/c1-19(13(20)9-21-15-18-17-14(16)22-15)12-8-4-6-10-5-2-3-7-11(10)12/h2-3,5,7,12H,4,6,8-9H2,1H3,(H2,16,17). The van der Waals surface area contributed by atoms with Crippen LogP contribution >= 0.6 is 23.1 Å². The molecule has 2 aromatic rings. The van der Waals surface area contributed by atoms with E-state index in [9.17, 15) is 4.79 Å². The second-order valence-corrected chi connectivity index (χ2v) is 7.54. The van der Waals surface area contributed by atoms with Crippen molar-refractivity contribution in [3.63, 3.8) is 0 Å². The van der Waals surface area contributed by atoms with Crippen LogP contribution in [-0.2, 0) is 11.2 Å². The fourth-order valence-electron chi connectivity index (χ4n) is 2.81. The Labute approximate surface area is 137 Å². The van der Waals surface area contributed by atoms with E-state index in [0.29, 0.717) is 10.9 Å². The lowest BCUT2D eigenvalue weighted by Gasteiger charge is -2.33. The van der Waals surface area contributed by atoms with Gasteiger partial charge in [-0.25, -0.2) is 0 Å². The van der Waals surface area contributed by atoms with Crippen LogP contribution in [0.4, 0.5) is 5.13 Å². The van der Waals surface area contributed by atoms with Crippen LogP contribution in [0.25, 0.3) is 0 Å². The smallest absolute Gasteiger partial charge is 0.233 e. The summed E-state index contributed by atoms with van der Waals surface area (Å²) in [7, 11) is 1.89. The van der Waals surface area contributed by atoms with Crippen LogP contribution in [0.3, 0.4) is 0 Å². The summed E-state index contributed by atoms with van der Waals surface area (Å²) in [5.41, 5.74) is 8.20. The number of nitrogens with two attached hydrogens (primary N) is 1. The molecule has 1 unspecified atom stereocenters. The zero-order valence-corrected chi connectivity index (χ0v) is 14.0. The molecule has 0 bridgehead atoms. The first-order chi connectivity index (χ1) is 10.6. The van der Waals surface area contributed by atoms with Crippen LogP contribution in [-0.4, -0.2) is 33.8 Å². The molecule has 1 amide bonds. The predicted octanol–water partition coefficient (Wildman–Crippen LogP) is 2.75. The highest BCUT2D eigenvalue weighted by molar-refractivity contribution is 8.01. The molecular weight excluding hydrogens is 316 g/mol. The summed E-state index contributed by atoms with van der Waals surface area (Å²) in [6, 6.07) is 8.60. The van der Waals surface area contributed by atoms with Gasteiger partial charge in [0.05, 0.1) is 11.8 Å². The van der Waals surface area contributed by atoms with Crippen LogP contribution in [0.2, 0.25) is 0 Å². The predicted molar refractivity (Wildman–Crippen MR) is 89.9 cm³/mol. The minimum atomic E-state index is 0.112. The minimum absolute atomic E-state index is 0.112. The minimum Gasteiger partial charge on any atom is -0.374 e. The van der Waals surface area contributed by atoms with Gasteiger partial charge in [0.2, 0.25) is 11.0 Å². The number of carbonyl (C=O) groups is 1. The molecule has 0 saturated heterocycles. The quantitative estimate of drug-likeness (QED) is 0.871. The molecule has 22 heavy (non-hydrogen) atoms. The van der Waals surface area contributed by atoms with Crippen molar-refractivity contribution in [2.45, 2.75) is 29.6 Å². The molecule has 0 aliphatic heterocycles. The normalized spacial score (nSPS) is 17.0. The summed E-state index contributed by atoms with van der Waals surface area (Å²) < 4.78 is 0.739. The Morgan fingerprint density at radius 1 is 1.45 bits per heavy atom. The summed E-state index contributed by atoms with van der Waals surface area (Å²) in [6.45, 7) is 0. The summed E-state index contributed by atoms with van der Waals surface area (Å²) in [5.74, 6) is 0.476. The summed E-state index contributed by atoms with van der Waals surface area (Å²) in [5, 5.41) is 8.13. The molecule has 3 rings (SSSR count). The second kappa shape index (κ2) is 6.66. The van der Waals surface area contributed by atoms with E-state index in [1.165, 1.54) is 34.2 Å². The third-order valence-electron chi connectivity index (χ3n) is 3.94. The van der Waals surface area contributed by atoms with Gasteiger partial charge in [-0.15, -0.1) is 10.2 Å². The van der Waals surface area contributed by atoms with Crippen LogP contribution in [0.1, 0.15) is 30.0 Å². The van der Waals surface area contributed by atoms with E-state index in [4.69, 9.17) is 5.73 Å². The number of aromatic nitrogens is 2. The molecule has 0 saturated carbocycles. The molecule has 1 aliphatic carbocycles. The van der Waals surface area contributed by atoms with Gasteiger partial charge in [-0.3, -0.25) is 4.79 Å². The van der Waals surface area contributed by atoms with Crippen molar-refractivity contribution in [1.82, 2.24) is 15.1 Å². The summed E-state index contributed by atoms with van der Waals surface area (Å²) in [4.78, 5) is 14.3. The molecule has 2 N–H and O–H groups in total. The first kappa shape index (κ1) is 15.3. The molecule has 1 heterocycles. The van der Waals surface area contributed by atoms with Crippen LogP contribution in [0.15, 0.2) is 28.6 Å². The van der Waals surface area contributed by atoms with Crippen molar-refractivity contribution >= 4 is 34.1 Å². The van der Waals surface area contributed by atoms with E-state index >= 15 is 0 Å². The molecule has 1 atom stereocenters. The molecule has 1 aromatic carbocycles. The van der Waals surface area contributed by atoms with Crippen molar-refractivity contribution in [3.8, 4) is 0 Å². The van der Waals surface area contributed by atoms with E-state index < -0.39 is 0 Å². The van der Waals surface area contributed by atoms with E-state index in [-0.39, 0.29) is 11.9 Å². The lowest BCUT2D eigenvalue weighted by Crippen LogP contribution is -2.34. The SMILES string of the molecule is CN(C(=O)CSc1nnc(N)s1)C1CCCc2ccccc21. The number of nitrogen functional groups attached to an aromatic ring is 1. The number of nitrogens with zero attached hydrogens (tertiary/aromatic N) is 3. The Hall–Kier alpha value is -1.60. The second-order valence-electron chi connectivity index (χ2n) is 5.31. The van der Waals surface area contributed by atoms with Gasteiger partial charge >= 0.3 is 0 Å². The number of benzene rings is 1. The summed E-state index contributed by atoms with van der Waals surface area (Å²) >= 11 is 2.71. The highest BCUT2D eigenvalue weighted by Crippen LogP contribution is 2.34. The number of hydrogen-bond donors (Lipinski definition) is 1. The average Bonchev–Trinajstić information content (AvgIpc) is 2.97. The maximum absolute atomic E-state index is 12.5. The van der Waals surface area contributed by atoms with Crippen LogP contribution in [0, 0.1) is 0 Å². The Bertz CT molecular complexity index is 673. The number of anilines is 1. The maximum atomic E-state index is 12.5. The Balaban J connectivity index is 1.66. The van der Waals surface area contributed by atoms with Gasteiger partial charge in [0.1, 0.15) is 0 Å². The van der Waals surface area contributed by atoms with Crippen LogP contribution < -0.4 is 5.73 Å². The molecule has 1 aromatic heterocycles. The van der Waals surface area contributed by atoms with Gasteiger partial charge < -0.3 is 10.6 Å². The number of aryl methyl sites for hydroxylation is 1. The highest BCUT2D eigenvalue weighted by Gasteiger charge is 2.26. The van der Waals surface area contributed by atoms with Gasteiger partial charge in [-0.05, 0) is 30.4 Å². The fraction of sp³-hybridized carbons (Fsp3) is 0.400. The van der Waals surface area contributed by atoms with E-state index in [0.717, 1.165) is 23.6 Å². The molecule has 0 fully saturated rings. The van der Waals surface area contributed by atoms with Crippen molar-refractivity contribution in [2.75, 3.05) is 18.5 Å². The average molecular weight is 334 g/mol. The summed E-state index contributed by atoms with van der Waals surface area (Å²) in [6.07, 6.45) is 3.25. The number of fused-ring (bicyclic) bond motifs is 1. The fourth-order valence-corrected chi connectivity index (χ4v) is 4.37. The van der Waals surface area contributed by atoms with Gasteiger partial charge in [0.25, 0.3) is 0 Å². The third-order valence-corrected chi connectivity index (χ3v) is 5.81. The monoisotopic (exact) mass is 334 g/mol. The third kappa shape index (κ3) is 3.25. The Kier molecular flexibility index (Phi) is 4.63. The molecule has 0 radical (unpaired) electrons. The van der Waals surface area contributed by atoms with Crippen molar-refractivity contribution in [3.05, 3.63) is 35.4 Å². The lowest BCUT2D eigenvalue weighted by atomic mass is 9.87. The largest absolute Gasteiger partial charge is 0.374 e. The van der Waals surface area contributed by atoms with Crippen molar-refractivity contribution < 1.29 is 4.79 Å². The number of thioether (sulfide) groups is 1. The highest BCUT2D eigenvalue weighted by atomic mass is 32.2. The van der Waals surface area contributed by atoms with Crippen molar-refractivity contribution in [2.24, 2.45) is 0 Å². The lowest BCUT2D eigenvalue weighted by molar-refractivity contribution is -0.129. The first-order valence-electron chi connectivity index (χ1n) is 7.20. The zero-order valence-electron chi connectivity index (χ0n) is 12.4. The van der Waals surface area contributed by atoms with E-state index in [1.54, 1.807) is 0 Å². The van der Waals surface area contributed by atoms with Gasteiger partial charge in [0, 0.05) is 7.05 Å². The Morgan fingerprint density at radius 3 is 3.05 bits per heavy atom. The molecule has 7 heteroatoms. The molecule has 0 spiro atoms. The van der Waals surface area contributed by atoms with E-state index in [1.807, 2.05) is 18.0 Å². The van der Waals surface area contributed by atoms with Crippen LogP contribution in [0.5, 0.6) is 0 Å². The van der Waals surface area contributed by atoms with E-state index in [2.05, 4.69) is 28.4 Å². The topological polar surface area (TPSA) is 72.1 Å². The maximum Gasteiger partial charge on any atom is 0.233 e. The van der Waals surface area contributed by atoms with Gasteiger partial charge in [-0.1, -0.05) is 47.4 Å². The number of rotatable bonds is 4. The Morgan fingerprint density at radius 2 is 2.27 bits per heavy atom. The number of hydrogen-bond acceptors (Lipinski definition) is 6. The zero-order chi connectivity index (χ0) is 15.5.